The van der Waals surface area contributed by atoms with Gasteiger partial charge < -0.3 is 14.6 Å². The number of carbonyl (C=O) groups is 2. The van der Waals surface area contributed by atoms with Crippen LogP contribution in [0.15, 0.2) is 36.5 Å². The number of hydrogen-bond donors (Lipinski definition) is 1. The maximum atomic E-state index is 11.8. The number of nitrogens with zero attached hydrogens (tertiary/aromatic N) is 1. The van der Waals surface area contributed by atoms with Crippen LogP contribution in [0.3, 0.4) is 0 Å². The van der Waals surface area contributed by atoms with E-state index in [0.29, 0.717) is 5.56 Å². The first-order valence-corrected chi connectivity index (χ1v) is 4.79. The Hall–Kier alpha value is -2.37. The number of ketones is 1. The molecule has 0 amide bonds. The van der Waals surface area contributed by atoms with Crippen molar-refractivity contribution in [3.8, 4) is 0 Å². The summed E-state index contributed by atoms with van der Waals surface area (Å²) in [5.41, 5.74) is -0.746. The van der Waals surface area contributed by atoms with Gasteiger partial charge in [-0.3, -0.25) is 9.78 Å². The summed E-state index contributed by atoms with van der Waals surface area (Å²) in [6.45, 7) is 1.53. The number of rotatable bonds is 2. The Balaban J connectivity index is 2.26. The third kappa shape index (κ3) is 1.96. The van der Waals surface area contributed by atoms with Gasteiger partial charge in [0.05, 0.1) is 6.08 Å². The van der Waals surface area contributed by atoms with Crippen LogP contribution in [-0.2, 0) is 19.9 Å². The van der Waals surface area contributed by atoms with Crippen molar-refractivity contribution < 1.29 is 24.2 Å². The Kier molecular flexibility index (Phi) is 2.55. The van der Waals surface area contributed by atoms with Crippen LogP contribution in [0.5, 0.6) is 0 Å². The van der Waals surface area contributed by atoms with E-state index >= 15 is 0 Å². The van der Waals surface area contributed by atoms with E-state index in [2.05, 4.69) is 9.72 Å². The minimum Gasteiger partial charge on any atom is -0.449 e. The minimum absolute atomic E-state index is 0.325. The van der Waals surface area contributed by atoms with E-state index in [0.717, 1.165) is 6.08 Å². The zero-order valence-corrected chi connectivity index (χ0v) is 8.91. The second-order valence-corrected chi connectivity index (χ2v) is 3.57. The number of ether oxygens (including phenoxy) is 2. The lowest BCUT2D eigenvalue weighted by atomic mass is 9.94. The molecule has 0 fully saturated rings. The fraction of sp³-hybridized carbons (Fsp3) is 0.182. The van der Waals surface area contributed by atoms with Crippen LogP contribution in [0.4, 0.5) is 4.79 Å². The molecule has 0 radical (unpaired) electrons. The summed E-state index contributed by atoms with van der Waals surface area (Å²) in [7, 11) is 0. The fourth-order valence-electron chi connectivity index (χ4n) is 1.51. The molecule has 0 saturated carbocycles. The molecule has 1 atom stereocenters. The molecular formula is C11H9NO5. The van der Waals surface area contributed by atoms with Crippen molar-refractivity contribution in [1.82, 2.24) is 4.98 Å². The molecule has 2 heterocycles. The smallest absolute Gasteiger partial charge is 0.449 e. The van der Waals surface area contributed by atoms with Crippen molar-refractivity contribution in [3.63, 3.8) is 0 Å². The van der Waals surface area contributed by atoms with E-state index < -0.39 is 11.8 Å². The van der Waals surface area contributed by atoms with Gasteiger partial charge in [-0.1, -0.05) is 6.07 Å². The zero-order valence-electron chi connectivity index (χ0n) is 8.91. The third-order valence-corrected chi connectivity index (χ3v) is 2.42. The van der Waals surface area contributed by atoms with Crippen LogP contribution in [0.25, 0.3) is 0 Å². The molecule has 0 aliphatic carbocycles. The number of aromatic nitrogens is 1. The molecule has 2 rings (SSSR count). The van der Waals surface area contributed by atoms with Gasteiger partial charge in [0.25, 0.3) is 5.95 Å². The van der Waals surface area contributed by atoms with E-state index in [1.807, 2.05) is 0 Å². The molecule has 17 heavy (non-hydrogen) atoms. The molecule has 1 aromatic heterocycles. The molecule has 1 aliphatic rings. The Morgan fingerprint density at radius 3 is 2.94 bits per heavy atom. The van der Waals surface area contributed by atoms with Gasteiger partial charge in [0.1, 0.15) is 0 Å². The van der Waals surface area contributed by atoms with Crippen molar-refractivity contribution in [2.75, 3.05) is 0 Å². The molecule has 6 nitrogen and oxygen atoms in total. The van der Waals surface area contributed by atoms with Gasteiger partial charge in [-0.15, -0.1) is 0 Å². The topological polar surface area (TPSA) is 85.7 Å². The molecule has 0 bridgehead atoms. The highest BCUT2D eigenvalue weighted by Crippen LogP contribution is 2.34. The maximum absolute atomic E-state index is 11.8. The summed E-state index contributed by atoms with van der Waals surface area (Å²) in [5.74, 6) is -0.712. The molecule has 0 saturated heterocycles. The molecule has 1 N–H and O–H groups in total. The van der Waals surface area contributed by atoms with Gasteiger partial charge in [0.15, 0.2) is 5.60 Å². The predicted octanol–water partition coefficient (Wildman–Crippen LogP) is 1.43. The molecule has 0 aromatic carbocycles. The molecule has 1 aromatic rings. The molecule has 6 heteroatoms. The Morgan fingerprint density at radius 1 is 1.59 bits per heavy atom. The molecular weight excluding hydrogens is 226 g/mol. The lowest BCUT2D eigenvalue weighted by Crippen LogP contribution is -2.30. The lowest BCUT2D eigenvalue weighted by Gasteiger charge is -2.22. The lowest BCUT2D eigenvalue weighted by molar-refractivity contribution is -0.132. The summed E-state index contributed by atoms with van der Waals surface area (Å²) in [5, 5.41) is 8.43. The molecule has 88 valence electrons. The van der Waals surface area contributed by atoms with E-state index in [1.165, 1.54) is 13.1 Å². The maximum Gasteiger partial charge on any atom is 0.513 e. The third-order valence-electron chi connectivity index (χ3n) is 2.42. The average molecular weight is 235 g/mol. The van der Waals surface area contributed by atoms with E-state index in [1.54, 1.807) is 18.3 Å². The van der Waals surface area contributed by atoms with Crippen molar-refractivity contribution in [2.24, 2.45) is 0 Å². The Labute approximate surface area is 96.5 Å². The summed E-state index contributed by atoms with van der Waals surface area (Å²) in [6, 6.07) is 3.33. The van der Waals surface area contributed by atoms with Gasteiger partial charge in [0, 0.05) is 18.0 Å². The van der Waals surface area contributed by atoms with Crippen molar-refractivity contribution in [3.05, 3.63) is 42.1 Å². The van der Waals surface area contributed by atoms with E-state index in [9.17, 15) is 9.59 Å². The van der Waals surface area contributed by atoms with E-state index in [-0.39, 0.29) is 11.7 Å². The monoisotopic (exact) mass is 235 g/mol. The first-order chi connectivity index (χ1) is 8.02. The summed E-state index contributed by atoms with van der Waals surface area (Å²) in [6.07, 6.45) is 2.53. The van der Waals surface area contributed by atoms with Crippen LogP contribution >= 0.6 is 0 Å². The zero-order chi connectivity index (χ0) is 12.5. The van der Waals surface area contributed by atoms with Crippen molar-refractivity contribution in [1.29, 1.82) is 0 Å². The normalized spacial score (nSPS) is 22.9. The number of carboxylic acid groups (broad SMARTS) is 1. The van der Waals surface area contributed by atoms with Crippen LogP contribution in [0.1, 0.15) is 12.5 Å². The molecule has 1 aliphatic heterocycles. The van der Waals surface area contributed by atoms with Gasteiger partial charge in [0.2, 0.25) is 5.78 Å². The fourth-order valence-corrected chi connectivity index (χ4v) is 1.51. The minimum atomic E-state index is -1.53. The SMILES string of the molecule is CC1(c2cccnc2)OC(OC(=O)O)=CC1=O. The van der Waals surface area contributed by atoms with Gasteiger partial charge in [-0.25, -0.2) is 4.79 Å². The van der Waals surface area contributed by atoms with Crippen LogP contribution in [0, 0.1) is 0 Å². The highest BCUT2D eigenvalue weighted by atomic mass is 16.8. The summed E-state index contributed by atoms with van der Waals surface area (Å²) >= 11 is 0. The predicted molar refractivity (Wildman–Crippen MR) is 54.9 cm³/mol. The Bertz CT molecular complexity index is 496. The average Bonchev–Trinajstić information content (AvgIpc) is 2.56. The molecule has 1 unspecified atom stereocenters. The van der Waals surface area contributed by atoms with Gasteiger partial charge >= 0.3 is 6.16 Å². The standard InChI is InChI=1S/C11H9NO5/c1-11(7-3-2-4-12-6-7)8(13)5-9(17-11)16-10(14)15/h2-6H,1H3,(H,14,15). The molecule has 0 spiro atoms. The quantitative estimate of drug-likeness (QED) is 0.780. The van der Waals surface area contributed by atoms with Crippen molar-refractivity contribution >= 4 is 11.9 Å². The number of carbonyl (C=O) groups excluding carboxylic acids is 1. The van der Waals surface area contributed by atoms with Crippen LogP contribution < -0.4 is 0 Å². The van der Waals surface area contributed by atoms with Gasteiger partial charge in [-0.2, -0.15) is 0 Å². The first kappa shape index (κ1) is 11.1. The number of pyridine rings is 1. The highest BCUT2D eigenvalue weighted by molar-refractivity contribution is 5.99. The summed E-state index contributed by atoms with van der Waals surface area (Å²) < 4.78 is 9.54. The van der Waals surface area contributed by atoms with Crippen LogP contribution in [-0.4, -0.2) is 22.0 Å². The summed E-state index contributed by atoms with van der Waals surface area (Å²) in [4.78, 5) is 26.0. The van der Waals surface area contributed by atoms with Crippen molar-refractivity contribution in [2.45, 2.75) is 12.5 Å². The largest absolute Gasteiger partial charge is 0.513 e. The second-order valence-electron chi connectivity index (χ2n) is 3.57. The van der Waals surface area contributed by atoms with Gasteiger partial charge in [-0.05, 0) is 13.0 Å². The van der Waals surface area contributed by atoms with Crippen LogP contribution in [0.2, 0.25) is 0 Å². The van der Waals surface area contributed by atoms with E-state index in [4.69, 9.17) is 9.84 Å². The first-order valence-electron chi connectivity index (χ1n) is 4.79. The Morgan fingerprint density at radius 2 is 2.35 bits per heavy atom. The highest BCUT2D eigenvalue weighted by Gasteiger charge is 2.43. The second kappa shape index (κ2) is 3.89. The number of hydrogen-bond acceptors (Lipinski definition) is 5.